The molecular weight excluding hydrogens is 252 g/mol. The Hall–Kier alpha value is -1.72. The van der Waals surface area contributed by atoms with Crippen molar-refractivity contribution in [1.29, 1.82) is 0 Å². The van der Waals surface area contributed by atoms with Crippen molar-refractivity contribution in [2.75, 3.05) is 10.7 Å². The molecule has 3 heterocycles. The fourth-order valence-corrected chi connectivity index (χ4v) is 3.42. The summed E-state index contributed by atoms with van der Waals surface area (Å²) in [5.41, 5.74) is 9.12. The van der Waals surface area contributed by atoms with Gasteiger partial charge in [0.2, 0.25) is 5.95 Å². The third kappa shape index (κ3) is 1.77. The maximum absolute atomic E-state index is 6.21. The standard InChI is InChI=1S/C14H24N6/c1-5-18-13-12(11(4)17-18)16-14(15)20(13)19-9(2)7-6-8-10(19)3/h9-10H,5-8H2,1-4H3,(H2,15,16). The van der Waals surface area contributed by atoms with Crippen LogP contribution in [0.3, 0.4) is 0 Å². The van der Waals surface area contributed by atoms with Crippen molar-refractivity contribution in [1.82, 2.24) is 19.4 Å². The number of anilines is 1. The third-order valence-electron chi connectivity index (χ3n) is 4.39. The van der Waals surface area contributed by atoms with Crippen LogP contribution in [0.2, 0.25) is 0 Å². The number of fused-ring (bicyclic) bond motifs is 1. The molecule has 0 aliphatic carbocycles. The molecule has 2 aromatic rings. The van der Waals surface area contributed by atoms with Crippen molar-refractivity contribution in [2.45, 2.75) is 65.6 Å². The fourth-order valence-electron chi connectivity index (χ4n) is 3.42. The molecule has 1 aliphatic heterocycles. The number of piperidine rings is 1. The van der Waals surface area contributed by atoms with E-state index in [0.29, 0.717) is 18.0 Å². The first-order valence-corrected chi connectivity index (χ1v) is 7.54. The van der Waals surface area contributed by atoms with Crippen LogP contribution in [0, 0.1) is 6.92 Å². The third-order valence-corrected chi connectivity index (χ3v) is 4.39. The number of hydrogen-bond donors (Lipinski definition) is 1. The van der Waals surface area contributed by atoms with Gasteiger partial charge in [-0.1, -0.05) is 0 Å². The monoisotopic (exact) mass is 276 g/mol. The fraction of sp³-hybridized carbons (Fsp3) is 0.714. The molecule has 0 radical (unpaired) electrons. The minimum absolute atomic E-state index is 0.471. The molecule has 1 aliphatic rings. The van der Waals surface area contributed by atoms with E-state index in [9.17, 15) is 0 Å². The van der Waals surface area contributed by atoms with Gasteiger partial charge in [0.15, 0.2) is 5.65 Å². The Morgan fingerprint density at radius 3 is 2.50 bits per heavy atom. The van der Waals surface area contributed by atoms with Gasteiger partial charge in [0.05, 0.1) is 5.69 Å². The SMILES string of the molecule is CCn1nc(C)c2nc(N)n(N3C(C)CCCC3C)c21. The maximum atomic E-state index is 6.21. The number of nitrogen functional groups attached to an aromatic ring is 1. The molecule has 6 heteroatoms. The normalized spacial score (nSPS) is 23.7. The first-order valence-electron chi connectivity index (χ1n) is 7.54. The van der Waals surface area contributed by atoms with E-state index in [0.717, 1.165) is 23.4 Å². The van der Waals surface area contributed by atoms with Crippen LogP contribution in [0.15, 0.2) is 0 Å². The summed E-state index contributed by atoms with van der Waals surface area (Å²) < 4.78 is 4.09. The maximum Gasteiger partial charge on any atom is 0.222 e. The Morgan fingerprint density at radius 2 is 1.90 bits per heavy atom. The number of nitrogens with zero attached hydrogens (tertiary/aromatic N) is 5. The summed E-state index contributed by atoms with van der Waals surface area (Å²) in [5, 5.41) is 6.94. The highest BCUT2D eigenvalue weighted by molar-refractivity contribution is 5.78. The lowest BCUT2D eigenvalue weighted by atomic mass is 10.00. The summed E-state index contributed by atoms with van der Waals surface area (Å²) in [6.07, 6.45) is 3.67. The van der Waals surface area contributed by atoms with Crippen LogP contribution in [0.25, 0.3) is 11.2 Å². The van der Waals surface area contributed by atoms with E-state index in [1.54, 1.807) is 0 Å². The average Bonchev–Trinajstić information content (AvgIpc) is 2.88. The zero-order valence-electron chi connectivity index (χ0n) is 12.8. The molecule has 2 aromatic heterocycles. The molecule has 2 N–H and O–H groups in total. The molecule has 1 fully saturated rings. The summed E-state index contributed by atoms with van der Waals surface area (Å²) in [6.45, 7) is 9.45. The quantitative estimate of drug-likeness (QED) is 0.911. The van der Waals surface area contributed by atoms with Crippen LogP contribution in [0.5, 0.6) is 0 Å². The highest BCUT2D eigenvalue weighted by atomic mass is 15.6. The van der Waals surface area contributed by atoms with Crippen molar-refractivity contribution < 1.29 is 0 Å². The molecule has 1 saturated heterocycles. The topological polar surface area (TPSA) is 64.9 Å². The van der Waals surface area contributed by atoms with Gasteiger partial charge in [-0.25, -0.2) is 14.3 Å². The lowest BCUT2D eigenvalue weighted by Gasteiger charge is -2.41. The molecule has 0 bridgehead atoms. The zero-order chi connectivity index (χ0) is 14.4. The van der Waals surface area contributed by atoms with Crippen LogP contribution in [-0.2, 0) is 6.54 Å². The van der Waals surface area contributed by atoms with Crippen LogP contribution in [-0.4, -0.2) is 31.5 Å². The molecule has 0 saturated carbocycles. The first-order chi connectivity index (χ1) is 9.54. The van der Waals surface area contributed by atoms with Crippen molar-refractivity contribution >= 4 is 17.1 Å². The van der Waals surface area contributed by atoms with Gasteiger partial charge in [0.25, 0.3) is 0 Å². The van der Waals surface area contributed by atoms with Gasteiger partial charge in [-0.15, -0.1) is 0 Å². The van der Waals surface area contributed by atoms with E-state index >= 15 is 0 Å². The van der Waals surface area contributed by atoms with Crippen LogP contribution < -0.4 is 10.7 Å². The second-order valence-electron chi connectivity index (χ2n) is 5.86. The molecule has 0 amide bonds. The Labute approximate surface area is 119 Å². The molecule has 110 valence electrons. The van der Waals surface area contributed by atoms with Crippen LogP contribution >= 0.6 is 0 Å². The number of imidazole rings is 1. The number of hydrogen-bond acceptors (Lipinski definition) is 4. The lowest BCUT2D eigenvalue weighted by Crippen LogP contribution is -2.51. The number of rotatable bonds is 2. The van der Waals surface area contributed by atoms with Gasteiger partial charge >= 0.3 is 0 Å². The summed E-state index contributed by atoms with van der Waals surface area (Å²) in [4.78, 5) is 4.54. The van der Waals surface area contributed by atoms with Crippen molar-refractivity contribution in [3.05, 3.63) is 5.69 Å². The van der Waals surface area contributed by atoms with E-state index in [4.69, 9.17) is 5.73 Å². The van der Waals surface area contributed by atoms with Gasteiger partial charge in [-0.3, -0.25) is 0 Å². The van der Waals surface area contributed by atoms with Gasteiger partial charge < -0.3 is 10.7 Å². The Balaban J connectivity index is 2.21. The summed E-state index contributed by atoms with van der Waals surface area (Å²) in [7, 11) is 0. The number of aromatic nitrogens is 4. The predicted octanol–water partition coefficient (Wildman–Crippen LogP) is 2.04. The molecule has 20 heavy (non-hydrogen) atoms. The predicted molar refractivity (Wildman–Crippen MR) is 81.3 cm³/mol. The van der Waals surface area contributed by atoms with Gasteiger partial charge in [-0.2, -0.15) is 5.10 Å². The molecule has 6 nitrogen and oxygen atoms in total. The summed E-state index contributed by atoms with van der Waals surface area (Å²) in [5.74, 6) is 0.572. The van der Waals surface area contributed by atoms with Crippen molar-refractivity contribution in [2.24, 2.45) is 0 Å². The van der Waals surface area contributed by atoms with Gasteiger partial charge in [0, 0.05) is 18.6 Å². The minimum Gasteiger partial charge on any atom is -0.368 e. The van der Waals surface area contributed by atoms with E-state index < -0.39 is 0 Å². The molecule has 2 atom stereocenters. The smallest absolute Gasteiger partial charge is 0.222 e. The first kappa shape index (κ1) is 13.3. The Morgan fingerprint density at radius 1 is 1.25 bits per heavy atom. The number of nitrogens with two attached hydrogens (primary N) is 1. The summed E-state index contributed by atoms with van der Waals surface area (Å²) >= 11 is 0. The second kappa shape index (κ2) is 4.68. The number of aryl methyl sites for hydroxylation is 2. The lowest BCUT2D eigenvalue weighted by molar-refractivity contribution is 0.340. The van der Waals surface area contributed by atoms with Gasteiger partial charge in [-0.05, 0) is 47.0 Å². The van der Waals surface area contributed by atoms with Crippen molar-refractivity contribution in [3.8, 4) is 0 Å². The van der Waals surface area contributed by atoms with E-state index in [2.05, 4.69) is 40.5 Å². The average molecular weight is 276 g/mol. The minimum atomic E-state index is 0.471. The van der Waals surface area contributed by atoms with E-state index in [1.165, 1.54) is 19.3 Å². The highest BCUT2D eigenvalue weighted by Crippen LogP contribution is 2.28. The van der Waals surface area contributed by atoms with Crippen LogP contribution in [0.1, 0.15) is 45.7 Å². The second-order valence-corrected chi connectivity index (χ2v) is 5.86. The molecule has 0 spiro atoms. The van der Waals surface area contributed by atoms with E-state index in [1.807, 2.05) is 11.6 Å². The molecule has 0 aromatic carbocycles. The largest absolute Gasteiger partial charge is 0.368 e. The van der Waals surface area contributed by atoms with Gasteiger partial charge in [0.1, 0.15) is 5.52 Å². The highest BCUT2D eigenvalue weighted by Gasteiger charge is 2.29. The molecule has 3 rings (SSSR count). The molecule has 2 unspecified atom stereocenters. The van der Waals surface area contributed by atoms with Crippen molar-refractivity contribution in [3.63, 3.8) is 0 Å². The van der Waals surface area contributed by atoms with Crippen LogP contribution in [0.4, 0.5) is 5.95 Å². The Kier molecular flexibility index (Phi) is 3.11. The van der Waals surface area contributed by atoms with E-state index in [-0.39, 0.29) is 0 Å². The molecular formula is C14H24N6. The summed E-state index contributed by atoms with van der Waals surface area (Å²) in [6, 6.07) is 0.943. The zero-order valence-corrected chi connectivity index (χ0v) is 12.8. The Bertz CT molecular complexity index is 615.